The largest absolute Gasteiger partial charge is 0.745 e. The minimum Gasteiger partial charge on any atom is -0.745 e. The number of carbonyl (C=O) groups excluding carboxylic acids is 1. The number of allylic oxidation sites excluding steroid dienone is 1. The number of aryl methyl sites for hydroxylation is 2. The maximum absolute atomic E-state index is 13.7. The minimum atomic E-state index is -5.22. The van der Waals surface area contributed by atoms with Crippen LogP contribution in [-0.4, -0.2) is 45.9 Å². The first-order valence-corrected chi connectivity index (χ1v) is 15.5. The summed E-state index contributed by atoms with van der Waals surface area (Å²) in [5.74, 6) is -1.04. The molecule has 2 N–H and O–H groups in total. The van der Waals surface area contributed by atoms with Gasteiger partial charge in [0.25, 0.3) is 0 Å². The minimum absolute atomic E-state index is 0.0186. The van der Waals surface area contributed by atoms with Crippen molar-refractivity contribution in [3.05, 3.63) is 117 Å². The monoisotopic (exact) mass is 684 g/mol. The van der Waals surface area contributed by atoms with Crippen LogP contribution in [0, 0.1) is 11.3 Å². The topological polar surface area (TPSA) is 185 Å². The summed E-state index contributed by atoms with van der Waals surface area (Å²) >= 11 is 0. The SMILES string of the molecule is COC(=O)C1=C(C)N(c2cccc(C(F)(F)F)c2)c2n[nH]c(=O)n2C1c1ccc(C#N)cc1CC[n+]1ccccc1C(C)(O)S(=O)(=O)[O-]. The van der Waals surface area contributed by atoms with Gasteiger partial charge in [-0.2, -0.15) is 23.0 Å². The number of hydrogen-bond donors (Lipinski definition) is 2. The molecule has 1 aliphatic rings. The summed E-state index contributed by atoms with van der Waals surface area (Å²) in [4.78, 5) is 25.3. The van der Waals surface area contributed by atoms with E-state index in [1.165, 1.54) is 65.1 Å². The summed E-state index contributed by atoms with van der Waals surface area (Å²) in [7, 11) is -4.12. The number of carbonyl (C=O) groups is 1. The third-order valence-electron chi connectivity index (χ3n) is 8.07. The fourth-order valence-corrected chi connectivity index (χ4v) is 6.14. The predicted octanol–water partition coefficient (Wildman–Crippen LogP) is 2.89. The Morgan fingerprint density at radius 1 is 1.19 bits per heavy atom. The average Bonchev–Trinajstić information content (AvgIpc) is 3.42. The van der Waals surface area contributed by atoms with Gasteiger partial charge in [-0.1, -0.05) is 12.1 Å². The van der Waals surface area contributed by atoms with Crippen LogP contribution in [0.4, 0.5) is 24.8 Å². The highest BCUT2D eigenvalue weighted by Gasteiger charge is 2.42. The quantitative estimate of drug-likeness (QED) is 0.159. The zero-order valence-electron chi connectivity index (χ0n) is 25.5. The Morgan fingerprint density at radius 3 is 2.56 bits per heavy atom. The first-order valence-electron chi connectivity index (χ1n) is 14.1. The number of aromatic amines is 1. The van der Waals surface area contributed by atoms with Crippen LogP contribution in [0.3, 0.4) is 0 Å². The van der Waals surface area contributed by atoms with Crippen molar-refractivity contribution < 1.29 is 45.3 Å². The average molecular weight is 685 g/mol. The predicted molar refractivity (Wildman–Crippen MR) is 160 cm³/mol. The lowest BCUT2D eigenvalue weighted by molar-refractivity contribution is -0.708. The Labute approximate surface area is 271 Å². The van der Waals surface area contributed by atoms with Crippen LogP contribution in [0.5, 0.6) is 0 Å². The van der Waals surface area contributed by atoms with Gasteiger partial charge in [0.1, 0.15) is 16.2 Å². The van der Waals surface area contributed by atoms with Gasteiger partial charge in [0.15, 0.2) is 12.7 Å². The van der Waals surface area contributed by atoms with Gasteiger partial charge < -0.3 is 14.4 Å². The number of H-pyrrole nitrogens is 1. The molecule has 0 spiro atoms. The van der Waals surface area contributed by atoms with E-state index in [0.717, 1.165) is 30.7 Å². The number of ether oxygens (including phenoxy) is 1. The summed E-state index contributed by atoms with van der Waals surface area (Å²) in [6.45, 7) is 2.27. The number of halogens is 3. The van der Waals surface area contributed by atoms with Gasteiger partial charge in [0, 0.05) is 29.9 Å². The fourth-order valence-electron chi connectivity index (χ4n) is 5.70. The molecule has 5 rings (SSSR count). The fraction of sp³-hybridized carbons (Fsp3) is 0.258. The van der Waals surface area contributed by atoms with E-state index >= 15 is 0 Å². The van der Waals surface area contributed by atoms with Crippen molar-refractivity contribution >= 4 is 27.7 Å². The molecular weight excluding hydrogens is 657 g/mol. The number of rotatable bonds is 8. The van der Waals surface area contributed by atoms with Gasteiger partial charge in [-0.3, -0.25) is 4.90 Å². The number of nitrogens with zero attached hydrogens (tertiary/aromatic N) is 5. The van der Waals surface area contributed by atoms with E-state index in [4.69, 9.17) is 4.74 Å². The second kappa shape index (κ2) is 12.4. The van der Waals surface area contributed by atoms with Crippen molar-refractivity contribution in [2.24, 2.45) is 0 Å². The maximum Gasteiger partial charge on any atom is 0.416 e. The van der Waals surface area contributed by atoms with Gasteiger partial charge in [-0.25, -0.2) is 27.7 Å². The lowest BCUT2D eigenvalue weighted by Crippen LogP contribution is -2.48. The van der Waals surface area contributed by atoms with Crippen LogP contribution in [0.2, 0.25) is 0 Å². The maximum atomic E-state index is 13.7. The van der Waals surface area contributed by atoms with Gasteiger partial charge in [0.05, 0.1) is 29.9 Å². The Balaban J connectivity index is 1.70. The zero-order valence-corrected chi connectivity index (χ0v) is 26.3. The molecule has 2 atom stereocenters. The van der Waals surface area contributed by atoms with Crippen LogP contribution in [0.1, 0.15) is 47.8 Å². The van der Waals surface area contributed by atoms with E-state index < -0.39 is 44.5 Å². The number of nitriles is 1. The van der Waals surface area contributed by atoms with Crippen molar-refractivity contribution in [3.8, 4) is 6.07 Å². The van der Waals surface area contributed by atoms with Gasteiger partial charge >= 0.3 is 17.8 Å². The number of anilines is 2. The number of aromatic nitrogens is 4. The van der Waals surface area contributed by atoms with Crippen LogP contribution < -0.4 is 15.2 Å². The molecule has 0 radical (unpaired) electrons. The number of nitrogens with one attached hydrogen (secondary N) is 1. The van der Waals surface area contributed by atoms with Crippen molar-refractivity contribution in [2.45, 2.75) is 44.0 Å². The lowest BCUT2D eigenvalue weighted by atomic mass is 9.89. The Kier molecular flexibility index (Phi) is 8.77. The Bertz CT molecular complexity index is 2170. The second-order valence-electron chi connectivity index (χ2n) is 11.0. The molecule has 0 bridgehead atoms. The molecule has 2 aromatic heterocycles. The van der Waals surface area contributed by atoms with E-state index in [0.29, 0.717) is 11.1 Å². The summed E-state index contributed by atoms with van der Waals surface area (Å²) in [5, 5.41) is 26.7. The van der Waals surface area contributed by atoms with Gasteiger partial charge in [-0.05, 0) is 61.4 Å². The molecule has 2 aromatic carbocycles. The molecule has 250 valence electrons. The summed E-state index contributed by atoms with van der Waals surface area (Å²) in [6, 6.07) is 13.7. The third-order valence-corrected chi connectivity index (χ3v) is 9.25. The molecule has 0 amide bonds. The molecule has 13 nitrogen and oxygen atoms in total. The summed E-state index contributed by atoms with van der Waals surface area (Å²) in [6.07, 6.45) is -3.23. The molecule has 0 saturated carbocycles. The second-order valence-corrected chi connectivity index (χ2v) is 12.7. The number of pyridine rings is 1. The van der Waals surface area contributed by atoms with Crippen LogP contribution in [0.25, 0.3) is 0 Å². The molecule has 48 heavy (non-hydrogen) atoms. The highest BCUT2D eigenvalue weighted by Crippen LogP contribution is 2.43. The van der Waals surface area contributed by atoms with E-state index in [1.807, 2.05) is 6.07 Å². The first kappa shape index (κ1) is 34.0. The van der Waals surface area contributed by atoms with Crippen molar-refractivity contribution in [2.75, 3.05) is 12.0 Å². The number of fused-ring (bicyclic) bond motifs is 1. The van der Waals surface area contributed by atoms with E-state index in [1.54, 1.807) is 6.07 Å². The number of benzene rings is 2. The first-order chi connectivity index (χ1) is 22.5. The molecule has 17 heteroatoms. The molecular formula is C31H27F3N6O7S. The number of alkyl halides is 3. The van der Waals surface area contributed by atoms with E-state index in [-0.39, 0.29) is 47.1 Å². The summed E-state index contributed by atoms with van der Waals surface area (Å²) < 4.78 is 84.2. The molecule has 2 unspecified atom stereocenters. The highest BCUT2D eigenvalue weighted by molar-refractivity contribution is 7.86. The number of esters is 1. The smallest absolute Gasteiger partial charge is 0.416 e. The molecule has 3 heterocycles. The van der Waals surface area contributed by atoms with E-state index in [9.17, 15) is 46.1 Å². The number of aliphatic hydroxyl groups is 1. The Hall–Kier alpha value is -5.31. The molecule has 0 fully saturated rings. The van der Waals surface area contributed by atoms with E-state index in [2.05, 4.69) is 10.2 Å². The standard InChI is InChI=1S/C31H27F3N6O7S/c1-18-25(27(41)47-3)26(40-28(36-37-29(40)42)39(18)22-8-6-7-21(16-22)31(32,33)34)23-11-10-19(17-35)15-20(23)12-14-38-13-5-4-9-24(38)30(2,43)48(44,45)46/h4-11,13,15-16,26,43H,12,14H2,1-3H3,(H-,37,42,44,45,46). The molecule has 0 aliphatic carbocycles. The molecule has 1 aliphatic heterocycles. The zero-order chi connectivity index (χ0) is 35.2. The highest BCUT2D eigenvalue weighted by atomic mass is 32.2. The number of hydrogen-bond acceptors (Lipinski definition) is 10. The number of methoxy groups -OCH3 is 1. The summed E-state index contributed by atoms with van der Waals surface area (Å²) in [5.41, 5.74) is -1.18. The van der Waals surface area contributed by atoms with Crippen molar-refractivity contribution in [1.29, 1.82) is 5.26 Å². The third kappa shape index (κ3) is 5.96. The molecule has 0 saturated heterocycles. The van der Waals surface area contributed by atoms with Crippen molar-refractivity contribution in [1.82, 2.24) is 14.8 Å². The van der Waals surface area contributed by atoms with Crippen LogP contribution in [-0.2, 0) is 43.7 Å². The van der Waals surface area contributed by atoms with Crippen LogP contribution in [0.15, 0.2) is 82.9 Å². The van der Waals surface area contributed by atoms with Gasteiger partial charge in [0.2, 0.25) is 16.6 Å². The normalized spacial score (nSPS) is 16.2. The van der Waals surface area contributed by atoms with Gasteiger partial charge in [-0.15, -0.1) is 5.10 Å². The molecule has 4 aromatic rings. The lowest BCUT2D eigenvalue weighted by Gasteiger charge is -2.36. The Morgan fingerprint density at radius 2 is 1.92 bits per heavy atom. The van der Waals surface area contributed by atoms with Crippen LogP contribution >= 0.6 is 0 Å². The van der Waals surface area contributed by atoms with Crippen molar-refractivity contribution in [3.63, 3.8) is 0 Å².